The van der Waals surface area contributed by atoms with Gasteiger partial charge in [0.1, 0.15) is 17.2 Å². The highest BCUT2D eigenvalue weighted by Gasteiger charge is 2.27. The van der Waals surface area contributed by atoms with Crippen LogP contribution in [0.4, 0.5) is 5.69 Å². The van der Waals surface area contributed by atoms with Crippen LogP contribution in [0.15, 0.2) is 53.9 Å². The van der Waals surface area contributed by atoms with E-state index >= 15 is 0 Å². The van der Waals surface area contributed by atoms with Crippen molar-refractivity contribution >= 4 is 34.8 Å². The molecule has 1 aliphatic heterocycles. The van der Waals surface area contributed by atoms with E-state index in [9.17, 15) is 19.5 Å². The molecular formula is C35H36N4O6S. The molecule has 0 spiro atoms. The first-order chi connectivity index (χ1) is 22.4. The number of hydrogen-bond acceptors (Lipinski definition) is 8. The molecule has 11 heteroatoms. The van der Waals surface area contributed by atoms with Crippen LogP contribution in [-0.2, 0) is 13.0 Å². The standard InChI is InChI=1S/C35H36N4O6S/c1-2-12-37-34(41)28-9-7-23(31(38-28)35(42)43)24-17-29-26(32-22(10-13-44-29)11-14-46-32)16-25(24)33(40)39-27-8-6-21(18-36)15-30(27)45-19-20-4-3-5-20/h6-9,11,14-17,20H,2-5,10,12-13,18-19,36H2,1H3,(H,37,41)(H,39,40)(H,42,43). The lowest BCUT2D eigenvalue weighted by molar-refractivity contribution is 0.0691. The predicted octanol–water partition coefficient (Wildman–Crippen LogP) is 6.14. The van der Waals surface area contributed by atoms with Gasteiger partial charge in [-0.25, -0.2) is 9.78 Å². The summed E-state index contributed by atoms with van der Waals surface area (Å²) in [5, 5.41) is 18.0. The molecule has 0 saturated heterocycles. The zero-order chi connectivity index (χ0) is 32.2. The minimum absolute atomic E-state index is 0.0249. The number of nitrogens with one attached hydrogen (secondary N) is 2. The van der Waals surface area contributed by atoms with Gasteiger partial charge in [-0.05, 0) is 84.2 Å². The Bertz CT molecular complexity index is 1800. The number of fused-ring (bicyclic) bond motifs is 3. The highest BCUT2D eigenvalue weighted by Crippen LogP contribution is 2.43. The summed E-state index contributed by atoms with van der Waals surface area (Å²) in [5.74, 6) is -0.721. The van der Waals surface area contributed by atoms with Crippen LogP contribution < -0.4 is 25.8 Å². The zero-order valence-corrected chi connectivity index (χ0v) is 26.4. The third-order valence-corrected chi connectivity index (χ3v) is 9.36. The molecule has 3 heterocycles. The van der Waals surface area contributed by atoms with Crippen molar-refractivity contribution in [2.45, 2.75) is 45.6 Å². The second-order valence-electron chi connectivity index (χ2n) is 11.5. The van der Waals surface area contributed by atoms with Gasteiger partial charge in [-0.1, -0.05) is 19.4 Å². The Morgan fingerprint density at radius 1 is 1.07 bits per heavy atom. The number of carboxylic acids is 1. The van der Waals surface area contributed by atoms with Gasteiger partial charge in [0.05, 0.1) is 18.9 Å². The number of carbonyl (C=O) groups is 3. The minimum Gasteiger partial charge on any atom is -0.493 e. The van der Waals surface area contributed by atoms with Gasteiger partial charge in [-0.2, -0.15) is 0 Å². The fourth-order valence-corrected chi connectivity index (χ4v) is 6.57. The first kappa shape index (κ1) is 31.3. The van der Waals surface area contributed by atoms with Gasteiger partial charge in [0.2, 0.25) is 0 Å². The van der Waals surface area contributed by atoms with E-state index < -0.39 is 17.8 Å². The fourth-order valence-electron chi connectivity index (χ4n) is 5.60. The van der Waals surface area contributed by atoms with E-state index in [1.807, 2.05) is 30.5 Å². The number of aromatic carboxylic acids is 1. The number of ether oxygens (including phenoxy) is 2. The maximum absolute atomic E-state index is 14.3. The Kier molecular flexibility index (Phi) is 9.32. The summed E-state index contributed by atoms with van der Waals surface area (Å²) in [6.45, 7) is 3.65. The van der Waals surface area contributed by atoms with Gasteiger partial charge < -0.3 is 30.9 Å². The molecule has 0 unspecified atom stereocenters. The van der Waals surface area contributed by atoms with Crippen LogP contribution in [0.2, 0.25) is 0 Å². The van der Waals surface area contributed by atoms with Crippen LogP contribution in [0.1, 0.15) is 75.1 Å². The van der Waals surface area contributed by atoms with Gasteiger partial charge in [0, 0.05) is 46.6 Å². The molecule has 2 aromatic heterocycles. The number of carboxylic acid groups (broad SMARTS) is 1. The van der Waals surface area contributed by atoms with Gasteiger partial charge in [0.15, 0.2) is 5.69 Å². The molecule has 4 aromatic rings. The first-order valence-corrected chi connectivity index (χ1v) is 16.4. The van der Waals surface area contributed by atoms with Crippen molar-refractivity contribution in [2.75, 3.05) is 25.1 Å². The van der Waals surface area contributed by atoms with E-state index in [0.717, 1.165) is 40.8 Å². The summed E-state index contributed by atoms with van der Waals surface area (Å²) >= 11 is 1.56. The fraction of sp³-hybridized carbons (Fsp3) is 0.314. The Balaban J connectivity index is 1.45. The van der Waals surface area contributed by atoms with Gasteiger partial charge >= 0.3 is 5.97 Å². The molecule has 10 nitrogen and oxygen atoms in total. The third kappa shape index (κ3) is 6.47. The van der Waals surface area contributed by atoms with Crippen molar-refractivity contribution in [1.82, 2.24) is 10.3 Å². The Morgan fingerprint density at radius 3 is 2.65 bits per heavy atom. The van der Waals surface area contributed by atoms with Crippen LogP contribution in [-0.4, -0.2) is 47.6 Å². The molecule has 2 aromatic carbocycles. The molecule has 0 bridgehead atoms. The number of carbonyl (C=O) groups excluding carboxylic acids is 2. The average molecular weight is 641 g/mol. The molecule has 1 fully saturated rings. The largest absolute Gasteiger partial charge is 0.493 e. The lowest BCUT2D eigenvalue weighted by Crippen LogP contribution is -2.25. The summed E-state index contributed by atoms with van der Waals surface area (Å²) in [6, 6.07) is 13.9. The van der Waals surface area contributed by atoms with E-state index in [1.165, 1.54) is 18.6 Å². The number of hydrogen-bond donors (Lipinski definition) is 4. The molecular weight excluding hydrogens is 604 g/mol. The van der Waals surface area contributed by atoms with E-state index in [4.69, 9.17) is 15.2 Å². The zero-order valence-electron chi connectivity index (χ0n) is 25.6. The van der Waals surface area contributed by atoms with E-state index in [1.54, 1.807) is 29.5 Å². The molecule has 2 aliphatic rings. The van der Waals surface area contributed by atoms with Gasteiger partial charge in [-0.15, -0.1) is 11.3 Å². The van der Waals surface area contributed by atoms with Crippen LogP contribution in [0.3, 0.4) is 0 Å². The van der Waals surface area contributed by atoms with Crippen molar-refractivity contribution in [3.63, 3.8) is 0 Å². The van der Waals surface area contributed by atoms with Crippen molar-refractivity contribution in [2.24, 2.45) is 11.7 Å². The molecule has 0 atom stereocenters. The lowest BCUT2D eigenvalue weighted by Gasteiger charge is -2.26. The van der Waals surface area contributed by atoms with Crippen molar-refractivity contribution < 1.29 is 29.0 Å². The molecule has 1 saturated carbocycles. The summed E-state index contributed by atoms with van der Waals surface area (Å²) < 4.78 is 12.3. The quantitative estimate of drug-likeness (QED) is 0.153. The number of pyridine rings is 1. The van der Waals surface area contributed by atoms with Gasteiger partial charge in [0.25, 0.3) is 11.8 Å². The number of nitrogens with zero attached hydrogens (tertiary/aromatic N) is 1. The van der Waals surface area contributed by atoms with Crippen LogP contribution in [0.25, 0.3) is 21.6 Å². The summed E-state index contributed by atoms with van der Waals surface area (Å²) in [4.78, 5) is 44.7. The van der Waals surface area contributed by atoms with Crippen LogP contribution in [0, 0.1) is 5.92 Å². The van der Waals surface area contributed by atoms with Crippen LogP contribution >= 0.6 is 11.3 Å². The number of anilines is 1. The van der Waals surface area contributed by atoms with E-state index in [0.29, 0.717) is 61.4 Å². The predicted molar refractivity (Wildman–Crippen MR) is 177 cm³/mol. The second-order valence-corrected chi connectivity index (χ2v) is 12.4. The first-order valence-electron chi connectivity index (χ1n) is 15.5. The van der Waals surface area contributed by atoms with Crippen LogP contribution in [0.5, 0.6) is 11.5 Å². The van der Waals surface area contributed by atoms with Crippen molar-refractivity contribution in [3.8, 4) is 33.1 Å². The highest BCUT2D eigenvalue weighted by molar-refractivity contribution is 7.13. The Morgan fingerprint density at radius 2 is 1.91 bits per heavy atom. The second kappa shape index (κ2) is 13.7. The number of aromatic nitrogens is 1. The van der Waals surface area contributed by atoms with Gasteiger partial charge in [-0.3, -0.25) is 9.59 Å². The smallest absolute Gasteiger partial charge is 0.355 e. The maximum Gasteiger partial charge on any atom is 0.355 e. The lowest BCUT2D eigenvalue weighted by atomic mass is 9.86. The number of thiophene rings is 1. The summed E-state index contributed by atoms with van der Waals surface area (Å²) in [6.07, 6.45) is 4.83. The maximum atomic E-state index is 14.3. The number of benzene rings is 2. The van der Waals surface area contributed by atoms with E-state index in [2.05, 4.69) is 15.6 Å². The molecule has 238 valence electrons. The van der Waals surface area contributed by atoms with Crippen molar-refractivity contribution in [3.05, 3.63) is 82.0 Å². The molecule has 6 rings (SSSR count). The third-order valence-electron chi connectivity index (χ3n) is 8.37. The molecule has 0 radical (unpaired) electrons. The normalized spacial score (nSPS) is 13.8. The molecule has 46 heavy (non-hydrogen) atoms. The summed E-state index contributed by atoms with van der Waals surface area (Å²) in [7, 11) is 0. The summed E-state index contributed by atoms with van der Waals surface area (Å²) in [5.41, 5.74) is 9.47. The molecule has 1 aliphatic carbocycles. The van der Waals surface area contributed by atoms with E-state index in [-0.39, 0.29) is 22.5 Å². The SMILES string of the molecule is CCCNC(=O)c1ccc(-c2cc3c(cc2C(=O)Nc2ccc(CN)cc2OCC2CCC2)-c2sccc2CCO3)c(C(=O)O)n1. The number of nitrogens with two attached hydrogens (primary N) is 1. The number of amides is 2. The Hall–Kier alpha value is -4.74. The monoisotopic (exact) mass is 640 g/mol. The highest BCUT2D eigenvalue weighted by atomic mass is 32.1. The topological polar surface area (TPSA) is 153 Å². The molecule has 5 N–H and O–H groups in total. The molecule has 2 amide bonds. The Labute approximate surface area is 271 Å². The van der Waals surface area contributed by atoms with Crippen molar-refractivity contribution in [1.29, 1.82) is 0 Å². The number of rotatable bonds is 11. The average Bonchev–Trinajstić information content (AvgIpc) is 3.44. The minimum atomic E-state index is -1.33.